The molecule has 0 unspecified atom stereocenters. The number of ether oxygens (including phenoxy) is 2. The molecule has 1 atom stereocenters. The van der Waals surface area contributed by atoms with E-state index in [1.165, 1.54) is 0 Å². The van der Waals surface area contributed by atoms with Gasteiger partial charge in [0.1, 0.15) is 5.82 Å². The van der Waals surface area contributed by atoms with Crippen LogP contribution in [0.2, 0.25) is 0 Å². The molecule has 7 heteroatoms. The van der Waals surface area contributed by atoms with Crippen molar-refractivity contribution in [1.82, 2.24) is 9.97 Å². The summed E-state index contributed by atoms with van der Waals surface area (Å²) in [5.74, 6) is 2.08. The topological polar surface area (TPSA) is 103 Å². The van der Waals surface area contributed by atoms with Crippen LogP contribution >= 0.6 is 0 Å². The number of aliphatic hydroxyl groups is 1. The summed E-state index contributed by atoms with van der Waals surface area (Å²) in [6.07, 6.45) is 4.10. The first-order valence-corrected chi connectivity index (χ1v) is 9.35. The number of hydrogen-bond donors (Lipinski definition) is 3. The van der Waals surface area contributed by atoms with Crippen LogP contribution in [0.5, 0.6) is 11.5 Å². The van der Waals surface area contributed by atoms with Gasteiger partial charge < -0.3 is 25.6 Å². The van der Waals surface area contributed by atoms with Crippen LogP contribution in [-0.4, -0.2) is 41.9 Å². The Labute approximate surface area is 170 Å². The van der Waals surface area contributed by atoms with Gasteiger partial charge in [-0.05, 0) is 29.7 Å². The number of nitrogens with zero attached hydrogens (tertiary/aromatic N) is 2. The maximum Gasteiger partial charge on any atom is 0.161 e. The summed E-state index contributed by atoms with van der Waals surface area (Å²) < 4.78 is 10.6. The van der Waals surface area contributed by atoms with Gasteiger partial charge in [-0.2, -0.15) is 0 Å². The van der Waals surface area contributed by atoms with E-state index in [0.29, 0.717) is 30.3 Å². The van der Waals surface area contributed by atoms with Crippen LogP contribution < -0.4 is 20.5 Å². The highest BCUT2D eigenvalue weighted by atomic mass is 16.5. The zero-order valence-electron chi connectivity index (χ0n) is 16.6. The lowest BCUT2D eigenvalue weighted by Crippen LogP contribution is -2.26. The lowest BCUT2D eigenvalue weighted by atomic mass is 10.0. The largest absolute Gasteiger partial charge is 0.493 e. The number of rotatable bonds is 9. The second-order valence-electron chi connectivity index (χ2n) is 6.67. The molecule has 0 aliphatic carbocycles. The Balaban J connectivity index is 1.61. The minimum atomic E-state index is -0.239. The molecule has 0 saturated heterocycles. The summed E-state index contributed by atoms with van der Waals surface area (Å²) in [4.78, 5) is 8.94. The maximum atomic E-state index is 9.06. The van der Waals surface area contributed by atoms with E-state index in [-0.39, 0.29) is 12.6 Å². The monoisotopic (exact) mass is 394 g/mol. The summed E-state index contributed by atoms with van der Waals surface area (Å²) in [5, 5.41) is 12.3. The molecule has 2 aromatic carbocycles. The molecule has 0 aliphatic heterocycles. The fourth-order valence-corrected chi connectivity index (χ4v) is 2.93. The number of nitrogens with one attached hydrogen (secondary N) is 1. The summed E-state index contributed by atoms with van der Waals surface area (Å²) in [6.45, 7) is 0.569. The molecule has 0 radical (unpaired) electrons. The van der Waals surface area contributed by atoms with Crippen LogP contribution in [0.15, 0.2) is 54.9 Å². The third-order valence-corrected chi connectivity index (χ3v) is 4.56. The smallest absolute Gasteiger partial charge is 0.161 e. The highest BCUT2D eigenvalue weighted by molar-refractivity contribution is 5.59. The van der Waals surface area contributed by atoms with Gasteiger partial charge in [-0.15, -0.1) is 0 Å². The lowest BCUT2D eigenvalue weighted by molar-refractivity contribution is 0.265. The Hall–Kier alpha value is -3.16. The molecule has 0 bridgehead atoms. The normalized spacial score (nSPS) is 11.7. The predicted molar refractivity (Wildman–Crippen MR) is 113 cm³/mol. The van der Waals surface area contributed by atoms with E-state index in [0.717, 1.165) is 22.4 Å². The number of nitrogens with two attached hydrogens (primary N) is 1. The van der Waals surface area contributed by atoms with E-state index < -0.39 is 0 Å². The van der Waals surface area contributed by atoms with Crippen molar-refractivity contribution in [3.63, 3.8) is 0 Å². The zero-order chi connectivity index (χ0) is 20.6. The lowest BCUT2D eigenvalue weighted by Gasteiger charge is -2.11. The fourth-order valence-electron chi connectivity index (χ4n) is 2.93. The summed E-state index contributed by atoms with van der Waals surface area (Å²) in [6, 6.07) is 13.5. The van der Waals surface area contributed by atoms with Crippen LogP contribution in [0.3, 0.4) is 0 Å². The van der Waals surface area contributed by atoms with Crippen LogP contribution in [0.1, 0.15) is 11.1 Å². The Bertz CT molecular complexity index is 914. The average Bonchev–Trinajstić information content (AvgIpc) is 2.78. The first-order valence-electron chi connectivity index (χ1n) is 9.35. The van der Waals surface area contributed by atoms with E-state index >= 15 is 0 Å². The Morgan fingerprint density at radius 3 is 2.31 bits per heavy atom. The molecule has 0 fully saturated rings. The third-order valence-electron chi connectivity index (χ3n) is 4.56. The minimum absolute atomic E-state index is 0.0228. The van der Waals surface area contributed by atoms with Gasteiger partial charge in [-0.25, -0.2) is 4.98 Å². The van der Waals surface area contributed by atoms with Crippen molar-refractivity contribution >= 4 is 5.82 Å². The second kappa shape index (κ2) is 9.86. The van der Waals surface area contributed by atoms with Gasteiger partial charge >= 0.3 is 0 Å². The van der Waals surface area contributed by atoms with Gasteiger partial charge in [0.25, 0.3) is 0 Å². The molecular formula is C22H26N4O3. The van der Waals surface area contributed by atoms with Crippen molar-refractivity contribution in [2.45, 2.75) is 19.0 Å². The molecule has 0 spiro atoms. The third kappa shape index (κ3) is 5.43. The highest BCUT2D eigenvalue weighted by Gasteiger charge is 2.06. The predicted octanol–water partition coefficient (Wildman–Crippen LogP) is 2.64. The first-order chi connectivity index (χ1) is 14.1. The van der Waals surface area contributed by atoms with Gasteiger partial charge in [-0.3, -0.25) is 4.98 Å². The van der Waals surface area contributed by atoms with E-state index in [4.69, 9.17) is 20.3 Å². The van der Waals surface area contributed by atoms with E-state index in [1.807, 2.05) is 42.5 Å². The van der Waals surface area contributed by atoms with Crippen LogP contribution in [-0.2, 0) is 13.0 Å². The standard InChI is InChI=1S/C22H26N4O3/c1-28-20-8-5-16(10-21(20)29-2)11-25-22-13-24-19(12-26-22)17-6-3-15(4-7-17)9-18(23)14-27/h3-8,10,12-13,18,27H,9,11,14,23H2,1-2H3,(H,25,26)/t18-/m0/s1. The van der Waals surface area contributed by atoms with Gasteiger partial charge in [0, 0.05) is 18.2 Å². The van der Waals surface area contributed by atoms with Crippen molar-refractivity contribution < 1.29 is 14.6 Å². The van der Waals surface area contributed by atoms with Gasteiger partial charge in [-0.1, -0.05) is 30.3 Å². The molecule has 1 heterocycles. The molecule has 0 aliphatic rings. The molecule has 0 saturated carbocycles. The Kier molecular flexibility index (Phi) is 6.99. The summed E-state index contributed by atoms with van der Waals surface area (Å²) >= 11 is 0. The minimum Gasteiger partial charge on any atom is -0.493 e. The van der Waals surface area contributed by atoms with Crippen molar-refractivity contribution in [3.05, 3.63) is 66.0 Å². The fraction of sp³-hybridized carbons (Fsp3) is 0.273. The molecule has 152 valence electrons. The van der Waals surface area contributed by atoms with Crippen molar-refractivity contribution in [2.24, 2.45) is 5.73 Å². The van der Waals surface area contributed by atoms with Crippen molar-refractivity contribution in [3.8, 4) is 22.8 Å². The van der Waals surface area contributed by atoms with Crippen molar-refractivity contribution in [1.29, 1.82) is 0 Å². The van der Waals surface area contributed by atoms with Gasteiger partial charge in [0.2, 0.25) is 0 Å². The van der Waals surface area contributed by atoms with E-state index in [2.05, 4.69) is 15.3 Å². The second-order valence-corrected chi connectivity index (χ2v) is 6.67. The van der Waals surface area contributed by atoms with E-state index in [9.17, 15) is 0 Å². The highest BCUT2D eigenvalue weighted by Crippen LogP contribution is 2.27. The molecule has 3 rings (SSSR count). The van der Waals surface area contributed by atoms with Crippen LogP contribution in [0.4, 0.5) is 5.82 Å². The SMILES string of the molecule is COc1ccc(CNc2cnc(-c3ccc(C[C@H](N)CO)cc3)cn2)cc1OC. The van der Waals surface area contributed by atoms with Crippen LogP contribution in [0, 0.1) is 0 Å². The number of anilines is 1. The molecule has 1 aromatic heterocycles. The average molecular weight is 394 g/mol. The van der Waals surface area contributed by atoms with Gasteiger partial charge in [0.05, 0.1) is 38.9 Å². The van der Waals surface area contributed by atoms with Crippen molar-refractivity contribution in [2.75, 3.05) is 26.1 Å². The zero-order valence-corrected chi connectivity index (χ0v) is 16.6. The van der Waals surface area contributed by atoms with Gasteiger partial charge in [0.15, 0.2) is 11.5 Å². The van der Waals surface area contributed by atoms with Crippen LogP contribution in [0.25, 0.3) is 11.3 Å². The Morgan fingerprint density at radius 2 is 1.69 bits per heavy atom. The summed E-state index contributed by atoms with van der Waals surface area (Å²) in [7, 11) is 3.23. The molecular weight excluding hydrogens is 368 g/mol. The molecule has 0 amide bonds. The number of aliphatic hydroxyl groups excluding tert-OH is 1. The first kappa shape index (κ1) is 20.6. The summed E-state index contributed by atoms with van der Waals surface area (Å²) in [5.41, 5.74) is 9.67. The quantitative estimate of drug-likeness (QED) is 0.513. The number of aromatic nitrogens is 2. The number of benzene rings is 2. The molecule has 3 aromatic rings. The maximum absolute atomic E-state index is 9.06. The Morgan fingerprint density at radius 1 is 0.966 bits per heavy atom. The molecule has 29 heavy (non-hydrogen) atoms. The number of hydrogen-bond acceptors (Lipinski definition) is 7. The number of methoxy groups -OCH3 is 2. The molecule has 4 N–H and O–H groups in total. The van der Waals surface area contributed by atoms with E-state index in [1.54, 1.807) is 26.6 Å². The molecule has 7 nitrogen and oxygen atoms in total.